The molecule has 0 atom stereocenters. The zero-order valence-electron chi connectivity index (χ0n) is 9.32. The molecule has 0 saturated heterocycles. The van der Waals surface area contributed by atoms with E-state index in [4.69, 9.17) is 5.73 Å². The molecule has 1 rings (SSSR count). The number of rotatable bonds is 4. The Kier molecular flexibility index (Phi) is 3.54. The molecule has 0 aliphatic carbocycles. The van der Waals surface area contributed by atoms with E-state index in [2.05, 4.69) is 10.4 Å². The van der Waals surface area contributed by atoms with Crippen molar-refractivity contribution in [2.75, 3.05) is 31.7 Å². The minimum atomic E-state index is 0.0806. The van der Waals surface area contributed by atoms with Crippen molar-refractivity contribution >= 4 is 17.4 Å². The van der Waals surface area contributed by atoms with Gasteiger partial charge in [0.15, 0.2) is 5.82 Å². The molecule has 0 radical (unpaired) electrons. The van der Waals surface area contributed by atoms with Crippen molar-refractivity contribution < 1.29 is 4.79 Å². The summed E-state index contributed by atoms with van der Waals surface area (Å²) in [5.41, 5.74) is 6.27. The van der Waals surface area contributed by atoms with E-state index in [0.717, 1.165) is 0 Å². The number of nitrogens with one attached hydrogen (secondary N) is 1. The average Bonchev–Trinajstić information content (AvgIpc) is 2.45. The minimum absolute atomic E-state index is 0.0806. The molecule has 15 heavy (non-hydrogen) atoms. The van der Waals surface area contributed by atoms with Crippen molar-refractivity contribution in [2.24, 2.45) is 7.05 Å². The fraction of sp³-hybridized carbons (Fsp3) is 0.556. The first-order valence-electron chi connectivity index (χ1n) is 4.74. The third-order valence-corrected chi connectivity index (χ3v) is 1.99. The van der Waals surface area contributed by atoms with Crippen LogP contribution in [-0.4, -0.2) is 41.2 Å². The minimum Gasteiger partial charge on any atom is -0.394 e. The van der Waals surface area contributed by atoms with Gasteiger partial charge in [0.05, 0.1) is 5.69 Å². The highest BCUT2D eigenvalue weighted by atomic mass is 16.2. The van der Waals surface area contributed by atoms with Gasteiger partial charge in [0.2, 0.25) is 5.91 Å². The van der Waals surface area contributed by atoms with Crippen LogP contribution >= 0.6 is 0 Å². The fourth-order valence-corrected chi connectivity index (χ4v) is 1.16. The number of nitrogen functional groups attached to an aromatic ring is 1. The maximum Gasteiger partial charge on any atom is 0.223 e. The van der Waals surface area contributed by atoms with Crippen LogP contribution < -0.4 is 11.1 Å². The Morgan fingerprint density at radius 3 is 2.80 bits per heavy atom. The van der Waals surface area contributed by atoms with Crippen molar-refractivity contribution in [3.05, 3.63) is 6.20 Å². The number of amides is 1. The van der Waals surface area contributed by atoms with E-state index in [1.165, 1.54) is 0 Å². The normalized spacial score (nSPS) is 10.1. The van der Waals surface area contributed by atoms with E-state index in [1.54, 1.807) is 36.9 Å². The van der Waals surface area contributed by atoms with E-state index in [0.29, 0.717) is 24.5 Å². The van der Waals surface area contributed by atoms with Crippen LogP contribution in [0, 0.1) is 0 Å². The van der Waals surface area contributed by atoms with E-state index in [-0.39, 0.29) is 5.91 Å². The van der Waals surface area contributed by atoms with Gasteiger partial charge < -0.3 is 16.0 Å². The number of aromatic nitrogens is 2. The van der Waals surface area contributed by atoms with Crippen LogP contribution in [0.3, 0.4) is 0 Å². The average molecular weight is 211 g/mol. The number of nitrogens with two attached hydrogens (primary N) is 1. The summed E-state index contributed by atoms with van der Waals surface area (Å²) in [6, 6.07) is 0. The third kappa shape index (κ3) is 3.16. The molecule has 0 aromatic carbocycles. The summed E-state index contributed by atoms with van der Waals surface area (Å²) < 4.78 is 1.63. The highest BCUT2D eigenvalue weighted by Gasteiger charge is 2.06. The number of carbonyl (C=O) groups is 1. The summed E-state index contributed by atoms with van der Waals surface area (Å²) in [4.78, 5) is 12.8. The Morgan fingerprint density at radius 1 is 1.67 bits per heavy atom. The molecular weight excluding hydrogens is 194 g/mol. The number of carbonyl (C=O) groups excluding carboxylic acids is 1. The molecule has 6 nitrogen and oxygen atoms in total. The smallest absolute Gasteiger partial charge is 0.223 e. The van der Waals surface area contributed by atoms with Gasteiger partial charge in [-0.25, -0.2) is 0 Å². The molecule has 1 heterocycles. The zero-order valence-corrected chi connectivity index (χ0v) is 9.32. The molecule has 0 fully saturated rings. The largest absolute Gasteiger partial charge is 0.394 e. The van der Waals surface area contributed by atoms with Gasteiger partial charge >= 0.3 is 0 Å². The van der Waals surface area contributed by atoms with Crippen LogP contribution in [0.5, 0.6) is 0 Å². The number of aryl methyl sites for hydroxylation is 1. The number of nitrogens with zero attached hydrogens (tertiary/aromatic N) is 3. The van der Waals surface area contributed by atoms with Crippen LogP contribution in [0.2, 0.25) is 0 Å². The van der Waals surface area contributed by atoms with Gasteiger partial charge in [0, 0.05) is 40.3 Å². The molecule has 0 bridgehead atoms. The van der Waals surface area contributed by atoms with Gasteiger partial charge in [-0.1, -0.05) is 0 Å². The van der Waals surface area contributed by atoms with Gasteiger partial charge in [-0.3, -0.25) is 9.48 Å². The van der Waals surface area contributed by atoms with Crippen molar-refractivity contribution in [1.29, 1.82) is 0 Å². The van der Waals surface area contributed by atoms with Gasteiger partial charge in [-0.05, 0) is 0 Å². The lowest BCUT2D eigenvalue weighted by atomic mass is 10.4. The van der Waals surface area contributed by atoms with Crippen LogP contribution in [0.25, 0.3) is 0 Å². The van der Waals surface area contributed by atoms with Crippen LogP contribution in [-0.2, 0) is 11.8 Å². The standard InChI is InChI=1S/C9H17N5O/c1-13(2)8(15)4-5-11-9-7(10)6-14(3)12-9/h6H,4-5,10H2,1-3H3,(H,11,12). The number of anilines is 2. The summed E-state index contributed by atoms with van der Waals surface area (Å²) in [5, 5.41) is 7.12. The Balaban J connectivity index is 2.38. The predicted octanol–water partition coefficient (Wildman–Crippen LogP) is -0.108. The van der Waals surface area contributed by atoms with Crippen molar-refractivity contribution in [3.8, 4) is 0 Å². The number of hydrogen-bond donors (Lipinski definition) is 2. The van der Waals surface area contributed by atoms with Crippen molar-refractivity contribution in [2.45, 2.75) is 6.42 Å². The Bertz CT molecular complexity index is 344. The summed E-state index contributed by atoms with van der Waals surface area (Å²) in [7, 11) is 5.27. The molecule has 0 aliphatic heterocycles. The molecule has 6 heteroatoms. The Hall–Kier alpha value is -1.72. The van der Waals surface area contributed by atoms with Crippen LogP contribution in [0.4, 0.5) is 11.5 Å². The summed E-state index contributed by atoms with van der Waals surface area (Å²) in [6.07, 6.45) is 2.15. The first kappa shape index (κ1) is 11.4. The molecule has 0 spiro atoms. The quantitative estimate of drug-likeness (QED) is 0.728. The lowest BCUT2D eigenvalue weighted by molar-refractivity contribution is -0.128. The fourth-order valence-electron chi connectivity index (χ4n) is 1.16. The van der Waals surface area contributed by atoms with Crippen molar-refractivity contribution in [3.63, 3.8) is 0 Å². The second-order valence-corrected chi connectivity index (χ2v) is 3.57. The molecular formula is C9H17N5O. The molecule has 3 N–H and O–H groups in total. The maximum atomic E-state index is 11.3. The lowest BCUT2D eigenvalue weighted by Gasteiger charge is -2.10. The first-order valence-corrected chi connectivity index (χ1v) is 4.74. The van der Waals surface area contributed by atoms with E-state index in [9.17, 15) is 4.79 Å². The topological polar surface area (TPSA) is 76.2 Å². The SMILES string of the molecule is CN(C)C(=O)CCNc1nn(C)cc1N. The van der Waals surface area contributed by atoms with E-state index < -0.39 is 0 Å². The van der Waals surface area contributed by atoms with Gasteiger partial charge in [-0.2, -0.15) is 5.10 Å². The Labute approximate surface area is 89.0 Å². The monoisotopic (exact) mass is 211 g/mol. The molecule has 1 amide bonds. The summed E-state index contributed by atoms with van der Waals surface area (Å²) >= 11 is 0. The van der Waals surface area contributed by atoms with E-state index >= 15 is 0 Å². The molecule has 1 aromatic rings. The van der Waals surface area contributed by atoms with Gasteiger partial charge in [0.1, 0.15) is 0 Å². The molecule has 0 unspecified atom stereocenters. The van der Waals surface area contributed by atoms with Crippen LogP contribution in [0.1, 0.15) is 6.42 Å². The molecule has 1 aromatic heterocycles. The van der Waals surface area contributed by atoms with Crippen molar-refractivity contribution in [1.82, 2.24) is 14.7 Å². The second kappa shape index (κ2) is 4.68. The zero-order chi connectivity index (χ0) is 11.4. The van der Waals surface area contributed by atoms with E-state index in [1.807, 2.05) is 0 Å². The Morgan fingerprint density at radius 2 is 2.33 bits per heavy atom. The molecule has 0 saturated carbocycles. The third-order valence-electron chi connectivity index (χ3n) is 1.99. The summed E-state index contributed by atoms with van der Waals surface area (Å²) in [5.74, 6) is 0.709. The van der Waals surface area contributed by atoms with Crippen LogP contribution in [0.15, 0.2) is 6.20 Å². The molecule has 0 aliphatic rings. The van der Waals surface area contributed by atoms with Gasteiger partial charge in [-0.15, -0.1) is 0 Å². The lowest BCUT2D eigenvalue weighted by Crippen LogP contribution is -2.24. The van der Waals surface area contributed by atoms with Gasteiger partial charge in [0.25, 0.3) is 0 Å². The predicted molar refractivity (Wildman–Crippen MR) is 59.4 cm³/mol. The maximum absolute atomic E-state index is 11.3. The highest BCUT2D eigenvalue weighted by molar-refractivity contribution is 5.76. The highest BCUT2D eigenvalue weighted by Crippen LogP contribution is 2.13. The summed E-state index contributed by atoms with van der Waals surface area (Å²) in [6.45, 7) is 0.540. The number of hydrogen-bond acceptors (Lipinski definition) is 4. The first-order chi connectivity index (χ1) is 7.00. The molecule has 84 valence electrons. The second-order valence-electron chi connectivity index (χ2n) is 3.57.